The van der Waals surface area contributed by atoms with Gasteiger partial charge in [-0.3, -0.25) is 4.57 Å². The molecule has 0 amide bonds. The molecule has 2 heterocycles. The maximum absolute atomic E-state index is 12.1. The zero-order valence-corrected chi connectivity index (χ0v) is 14.2. The van der Waals surface area contributed by atoms with Crippen LogP contribution in [0.3, 0.4) is 0 Å². The van der Waals surface area contributed by atoms with Gasteiger partial charge >= 0.3 is 5.97 Å². The monoisotopic (exact) mass is 352 g/mol. The number of imidazole rings is 1. The Morgan fingerprint density at radius 1 is 1.19 bits per heavy atom. The third-order valence-electron chi connectivity index (χ3n) is 3.43. The van der Waals surface area contributed by atoms with Gasteiger partial charge in [0.25, 0.3) is 0 Å². The number of hydrogen-bond donors (Lipinski definition) is 0. The summed E-state index contributed by atoms with van der Waals surface area (Å²) >= 11 is 0. The summed E-state index contributed by atoms with van der Waals surface area (Å²) in [5, 5.41) is 0. The van der Waals surface area contributed by atoms with Gasteiger partial charge in [0.2, 0.25) is 5.88 Å². The van der Waals surface area contributed by atoms with Crippen molar-refractivity contribution in [1.82, 2.24) is 19.5 Å². The molecule has 0 saturated carbocycles. The van der Waals surface area contributed by atoms with Gasteiger partial charge < -0.3 is 14.2 Å². The molecule has 3 aromatic rings. The Morgan fingerprint density at radius 2 is 2.04 bits per heavy atom. The standard InChI is InChI=1S/C18H16N4O4/c1-24-10-14(18(23)25-2)13-5-3-4-6-15(13)26-17-9-16(20-11-21-17)22-8-7-19-12-22/h3-12H,1-2H3. The Labute approximate surface area is 149 Å². The molecule has 3 rings (SSSR count). The van der Waals surface area contributed by atoms with Crippen molar-refractivity contribution >= 4 is 11.5 Å². The lowest BCUT2D eigenvalue weighted by atomic mass is 10.1. The van der Waals surface area contributed by atoms with E-state index in [9.17, 15) is 4.79 Å². The highest BCUT2D eigenvalue weighted by molar-refractivity contribution is 6.17. The molecule has 8 heteroatoms. The molecule has 8 nitrogen and oxygen atoms in total. The van der Waals surface area contributed by atoms with Gasteiger partial charge in [-0.1, -0.05) is 18.2 Å². The Balaban J connectivity index is 1.95. The predicted molar refractivity (Wildman–Crippen MR) is 92.7 cm³/mol. The van der Waals surface area contributed by atoms with Gasteiger partial charge in [-0.15, -0.1) is 0 Å². The van der Waals surface area contributed by atoms with Crippen molar-refractivity contribution < 1.29 is 19.0 Å². The quantitative estimate of drug-likeness (QED) is 0.383. The Bertz CT molecular complexity index is 922. The molecule has 0 saturated heterocycles. The van der Waals surface area contributed by atoms with E-state index in [1.807, 2.05) is 0 Å². The summed E-state index contributed by atoms with van der Waals surface area (Å²) in [6, 6.07) is 8.69. The van der Waals surface area contributed by atoms with Crippen molar-refractivity contribution in [3.05, 3.63) is 67.2 Å². The molecule has 0 bridgehead atoms. The average Bonchev–Trinajstić information content (AvgIpc) is 3.21. The zero-order valence-electron chi connectivity index (χ0n) is 14.2. The van der Waals surface area contributed by atoms with Crippen molar-refractivity contribution in [2.45, 2.75) is 0 Å². The normalized spacial score (nSPS) is 11.1. The van der Waals surface area contributed by atoms with Crippen LogP contribution in [0.1, 0.15) is 5.56 Å². The highest BCUT2D eigenvalue weighted by Gasteiger charge is 2.18. The number of carbonyl (C=O) groups excluding carboxylic acids is 1. The molecular formula is C18H16N4O4. The number of para-hydroxylation sites is 1. The maximum atomic E-state index is 12.1. The number of benzene rings is 1. The molecule has 0 spiro atoms. The number of nitrogens with zero attached hydrogens (tertiary/aromatic N) is 4. The minimum absolute atomic E-state index is 0.231. The van der Waals surface area contributed by atoms with Crippen molar-refractivity contribution in [1.29, 1.82) is 0 Å². The van der Waals surface area contributed by atoms with Crippen LogP contribution in [-0.4, -0.2) is 39.7 Å². The van der Waals surface area contributed by atoms with Gasteiger partial charge in [0.15, 0.2) is 0 Å². The first-order valence-corrected chi connectivity index (χ1v) is 7.62. The Kier molecular flexibility index (Phi) is 5.23. The fraction of sp³-hybridized carbons (Fsp3) is 0.111. The first-order valence-electron chi connectivity index (χ1n) is 7.62. The summed E-state index contributed by atoms with van der Waals surface area (Å²) in [5.74, 6) is 0.810. The molecule has 2 aromatic heterocycles. The zero-order chi connectivity index (χ0) is 18.4. The fourth-order valence-corrected chi connectivity index (χ4v) is 2.26. The number of rotatable bonds is 6. The fourth-order valence-electron chi connectivity index (χ4n) is 2.26. The molecule has 0 fully saturated rings. The van der Waals surface area contributed by atoms with Crippen molar-refractivity contribution in [3.8, 4) is 17.4 Å². The summed E-state index contributed by atoms with van der Waals surface area (Å²) in [6.45, 7) is 0. The van der Waals surface area contributed by atoms with Crippen LogP contribution in [0, 0.1) is 0 Å². The van der Waals surface area contributed by atoms with Crippen LogP contribution in [0.15, 0.2) is 61.6 Å². The van der Waals surface area contributed by atoms with E-state index >= 15 is 0 Å². The first kappa shape index (κ1) is 17.2. The number of ether oxygens (including phenoxy) is 3. The second kappa shape index (κ2) is 7.93. The van der Waals surface area contributed by atoms with Crippen LogP contribution < -0.4 is 4.74 Å². The number of carbonyl (C=O) groups is 1. The van der Waals surface area contributed by atoms with Crippen LogP contribution in [0.2, 0.25) is 0 Å². The third kappa shape index (κ3) is 3.69. The minimum Gasteiger partial charge on any atom is -0.503 e. The predicted octanol–water partition coefficient (Wildman–Crippen LogP) is 2.61. The van der Waals surface area contributed by atoms with E-state index in [-0.39, 0.29) is 5.57 Å². The second-order valence-electron chi connectivity index (χ2n) is 5.04. The smallest absolute Gasteiger partial charge is 0.341 e. The van der Waals surface area contributed by atoms with Crippen molar-refractivity contribution in [2.24, 2.45) is 0 Å². The molecule has 0 N–H and O–H groups in total. The summed E-state index contributed by atoms with van der Waals surface area (Å²) in [6.07, 6.45) is 7.73. The largest absolute Gasteiger partial charge is 0.503 e. The summed E-state index contributed by atoms with van der Waals surface area (Å²) in [7, 11) is 2.76. The lowest BCUT2D eigenvalue weighted by Crippen LogP contribution is -2.06. The second-order valence-corrected chi connectivity index (χ2v) is 5.04. The van der Waals surface area contributed by atoms with Gasteiger partial charge in [-0.25, -0.2) is 19.7 Å². The molecule has 0 radical (unpaired) electrons. The third-order valence-corrected chi connectivity index (χ3v) is 3.43. The topological polar surface area (TPSA) is 88.4 Å². The van der Waals surface area contributed by atoms with Gasteiger partial charge in [0.05, 0.1) is 20.5 Å². The summed E-state index contributed by atoms with van der Waals surface area (Å²) in [5.41, 5.74) is 0.749. The molecule has 0 unspecified atom stereocenters. The number of hydrogen-bond acceptors (Lipinski definition) is 7. The summed E-state index contributed by atoms with van der Waals surface area (Å²) in [4.78, 5) is 24.3. The van der Waals surface area contributed by atoms with Gasteiger partial charge in [0, 0.05) is 24.0 Å². The number of aromatic nitrogens is 4. The maximum Gasteiger partial charge on any atom is 0.341 e. The summed E-state index contributed by atoms with van der Waals surface area (Å²) < 4.78 is 17.4. The lowest BCUT2D eigenvalue weighted by Gasteiger charge is -2.12. The average molecular weight is 352 g/mol. The van der Waals surface area contributed by atoms with Crippen LogP contribution in [-0.2, 0) is 14.3 Å². The van der Waals surface area contributed by atoms with Crippen LogP contribution in [0.5, 0.6) is 11.6 Å². The molecule has 132 valence electrons. The van der Waals surface area contributed by atoms with Crippen LogP contribution in [0.4, 0.5) is 0 Å². The highest BCUT2D eigenvalue weighted by atomic mass is 16.5. The molecule has 1 aromatic carbocycles. The molecule has 26 heavy (non-hydrogen) atoms. The SMILES string of the molecule is COC=C(C(=O)OC)c1ccccc1Oc1cc(-n2ccnc2)ncn1. The van der Waals surface area contributed by atoms with E-state index in [1.165, 1.54) is 26.8 Å². The molecular weight excluding hydrogens is 336 g/mol. The minimum atomic E-state index is -0.537. The highest BCUT2D eigenvalue weighted by Crippen LogP contribution is 2.30. The van der Waals surface area contributed by atoms with E-state index in [4.69, 9.17) is 14.2 Å². The van der Waals surface area contributed by atoms with Crippen molar-refractivity contribution in [3.63, 3.8) is 0 Å². The van der Waals surface area contributed by atoms with E-state index in [1.54, 1.807) is 53.6 Å². The molecule has 0 aliphatic rings. The Morgan fingerprint density at radius 3 is 2.77 bits per heavy atom. The van der Waals surface area contributed by atoms with Crippen LogP contribution >= 0.6 is 0 Å². The molecule has 0 atom stereocenters. The number of methoxy groups -OCH3 is 2. The van der Waals surface area contributed by atoms with Gasteiger partial charge in [-0.05, 0) is 6.07 Å². The van der Waals surface area contributed by atoms with E-state index in [0.717, 1.165) is 0 Å². The Hall–Kier alpha value is -3.68. The van der Waals surface area contributed by atoms with E-state index < -0.39 is 5.97 Å². The molecule has 0 aliphatic heterocycles. The van der Waals surface area contributed by atoms with Crippen LogP contribution in [0.25, 0.3) is 11.4 Å². The van der Waals surface area contributed by atoms with E-state index in [2.05, 4.69) is 15.0 Å². The number of esters is 1. The first-order chi connectivity index (χ1) is 12.7. The molecule has 0 aliphatic carbocycles. The van der Waals surface area contributed by atoms with Crippen molar-refractivity contribution in [2.75, 3.05) is 14.2 Å². The van der Waals surface area contributed by atoms with Gasteiger partial charge in [0.1, 0.15) is 29.8 Å². The lowest BCUT2D eigenvalue weighted by molar-refractivity contribution is -0.133. The van der Waals surface area contributed by atoms with E-state index in [0.29, 0.717) is 23.0 Å². The van der Waals surface area contributed by atoms with Gasteiger partial charge in [-0.2, -0.15) is 0 Å².